The molecule has 2 aromatic carbocycles. The van der Waals surface area contributed by atoms with Gasteiger partial charge in [-0.3, -0.25) is 10.1 Å². The molecular formula is C15H10N2O3S. The SMILES string of the molecule is O=[N+]([O-])c1ccc(-c2sc(-c3ccccc3)nc2O)cc1. The molecule has 1 N–H and O–H groups in total. The predicted molar refractivity (Wildman–Crippen MR) is 81.3 cm³/mol. The van der Waals surface area contributed by atoms with Gasteiger partial charge < -0.3 is 5.11 Å². The summed E-state index contributed by atoms with van der Waals surface area (Å²) in [6, 6.07) is 15.6. The molecule has 1 heterocycles. The Labute approximate surface area is 124 Å². The Balaban J connectivity index is 2.00. The molecule has 0 bridgehead atoms. The van der Waals surface area contributed by atoms with E-state index in [0.717, 1.165) is 5.56 Å². The van der Waals surface area contributed by atoms with Crippen molar-refractivity contribution >= 4 is 17.0 Å². The number of aromatic hydroxyl groups is 1. The Morgan fingerprint density at radius 3 is 2.29 bits per heavy atom. The van der Waals surface area contributed by atoms with Gasteiger partial charge in [-0.25, -0.2) is 4.98 Å². The summed E-state index contributed by atoms with van der Waals surface area (Å²) < 4.78 is 0. The van der Waals surface area contributed by atoms with Crippen LogP contribution in [0.2, 0.25) is 0 Å². The van der Waals surface area contributed by atoms with Crippen LogP contribution in [0.1, 0.15) is 0 Å². The molecule has 0 saturated heterocycles. The summed E-state index contributed by atoms with van der Waals surface area (Å²) in [5.41, 5.74) is 1.65. The highest BCUT2D eigenvalue weighted by molar-refractivity contribution is 7.18. The smallest absolute Gasteiger partial charge is 0.269 e. The second kappa shape index (κ2) is 5.34. The molecule has 0 spiro atoms. The maximum absolute atomic E-state index is 10.7. The van der Waals surface area contributed by atoms with Crippen LogP contribution in [0.15, 0.2) is 54.6 Å². The second-order valence-corrected chi connectivity index (χ2v) is 5.34. The van der Waals surface area contributed by atoms with Gasteiger partial charge in [0.25, 0.3) is 5.69 Å². The van der Waals surface area contributed by atoms with Crippen molar-refractivity contribution in [2.24, 2.45) is 0 Å². The molecule has 0 fully saturated rings. The highest BCUT2D eigenvalue weighted by Crippen LogP contribution is 2.39. The van der Waals surface area contributed by atoms with E-state index in [1.165, 1.54) is 23.5 Å². The Morgan fingerprint density at radius 1 is 1.00 bits per heavy atom. The number of benzene rings is 2. The van der Waals surface area contributed by atoms with Crippen LogP contribution >= 0.6 is 11.3 Å². The summed E-state index contributed by atoms with van der Waals surface area (Å²) >= 11 is 1.35. The lowest BCUT2D eigenvalue weighted by Gasteiger charge is -1.97. The first-order valence-electron chi connectivity index (χ1n) is 6.15. The van der Waals surface area contributed by atoms with E-state index in [9.17, 15) is 15.2 Å². The number of aromatic nitrogens is 1. The standard InChI is InChI=1S/C15H10N2O3S/c18-14-13(10-6-8-12(9-7-10)17(19)20)21-15(16-14)11-4-2-1-3-5-11/h1-9,18H. The average Bonchev–Trinajstić information content (AvgIpc) is 2.90. The van der Waals surface area contributed by atoms with Gasteiger partial charge in [0.15, 0.2) is 0 Å². The van der Waals surface area contributed by atoms with E-state index < -0.39 is 4.92 Å². The lowest BCUT2D eigenvalue weighted by molar-refractivity contribution is -0.384. The fourth-order valence-electron chi connectivity index (χ4n) is 1.94. The van der Waals surface area contributed by atoms with Crippen molar-refractivity contribution in [3.63, 3.8) is 0 Å². The third-order valence-corrected chi connectivity index (χ3v) is 4.11. The molecule has 3 rings (SSSR count). The first-order valence-corrected chi connectivity index (χ1v) is 6.97. The molecule has 1 aromatic heterocycles. The predicted octanol–water partition coefficient (Wildman–Crippen LogP) is 4.09. The van der Waals surface area contributed by atoms with Gasteiger partial charge >= 0.3 is 0 Å². The molecule has 0 aliphatic carbocycles. The first-order chi connectivity index (χ1) is 10.1. The van der Waals surface area contributed by atoms with Crippen LogP contribution in [0, 0.1) is 10.1 Å². The Kier molecular flexibility index (Phi) is 3.37. The van der Waals surface area contributed by atoms with Crippen molar-refractivity contribution in [1.29, 1.82) is 0 Å². The number of nitro groups is 1. The topological polar surface area (TPSA) is 76.3 Å². The zero-order valence-corrected chi connectivity index (χ0v) is 11.6. The van der Waals surface area contributed by atoms with Crippen molar-refractivity contribution in [2.75, 3.05) is 0 Å². The van der Waals surface area contributed by atoms with Crippen molar-refractivity contribution in [3.8, 4) is 26.9 Å². The molecule has 0 saturated carbocycles. The Hall–Kier alpha value is -2.73. The van der Waals surface area contributed by atoms with E-state index in [2.05, 4.69) is 4.98 Å². The molecule has 0 aliphatic heterocycles. The van der Waals surface area contributed by atoms with Gasteiger partial charge in [0.05, 0.1) is 9.80 Å². The van der Waals surface area contributed by atoms with Crippen molar-refractivity contribution < 1.29 is 10.0 Å². The molecule has 0 amide bonds. The van der Waals surface area contributed by atoms with Gasteiger partial charge in [-0.15, -0.1) is 11.3 Å². The van der Waals surface area contributed by atoms with Crippen LogP contribution in [-0.4, -0.2) is 15.0 Å². The largest absolute Gasteiger partial charge is 0.492 e. The Morgan fingerprint density at radius 2 is 1.67 bits per heavy atom. The molecule has 0 aliphatic rings. The minimum absolute atomic E-state index is 0.0195. The van der Waals surface area contributed by atoms with Crippen LogP contribution in [0.4, 0.5) is 5.69 Å². The quantitative estimate of drug-likeness (QED) is 0.583. The van der Waals surface area contributed by atoms with Crippen LogP contribution in [0.5, 0.6) is 5.88 Å². The highest BCUT2D eigenvalue weighted by atomic mass is 32.1. The molecule has 104 valence electrons. The molecule has 5 nitrogen and oxygen atoms in total. The lowest BCUT2D eigenvalue weighted by Crippen LogP contribution is -1.86. The monoisotopic (exact) mass is 298 g/mol. The van der Waals surface area contributed by atoms with E-state index in [0.29, 0.717) is 15.4 Å². The van der Waals surface area contributed by atoms with Crippen molar-refractivity contribution in [1.82, 2.24) is 4.98 Å². The van der Waals surface area contributed by atoms with Crippen LogP contribution < -0.4 is 0 Å². The number of hydrogen-bond acceptors (Lipinski definition) is 5. The van der Waals surface area contributed by atoms with Gasteiger partial charge in [-0.2, -0.15) is 0 Å². The van der Waals surface area contributed by atoms with E-state index >= 15 is 0 Å². The number of nitrogens with zero attached hydrogens (tertiary/aromatic N) is 2. The summed E-state index contributed by atoms with van der Waals surface area (Å²) in [4.78, 5) is 15.0. The van der Waals surface area contributed by atoms with Crippen LogP contribution in [0.25, 0.3) is 21.0 Å². The molecule has 3 aromatic rings. The molecule has 0 atom stereocenters. The maximum atomic E-state index is 10.7. The van der Waals surface area contributed by atoms with E-state index in [-0.39, 0.29) is 11.6 Å². The summed E-state index contributed by atoms with van der Waals surface area (Å²) in [7, 11) is 0. The third kappa shape index (κ3) is 2.61. The van der Waals surface area contributed by atoms with Gasteiger partial charge in [-0.05, 0) is 17.7 Å². The van der Waals surface area contributed by atoms with Gasteiger partial charge in [0.2, 0.25) is 5.88 Å². The first kappa shape index (κ1) is 13.3. The van der Waals surface area contributed by atoms with Crippen LogP contribution in [-0.2, 0) is 0 Å². The highest BCUT2D eigenvalue weighted by Gasteiger charge is 2.14. The van der Waals surface area contributed by atoms with Crippen molar-refractivity contribution in [3.05, 3.63) is 64.7 Å². The van der Waals surface area contributed by atoms with Crippen LogP contribution in [0.3, 0.4) is 0 Å². The summed E-state index contributed by atoms with van der Waals surface area (Å²) in [5, 5.41) is 21.4. The average molecular weight is 298 g/mol. The van der Waals surface area contributed by atoms with Crippen molar-refractivity contribution in [2.45, 2.75) is 0 Å². The fourth-order valence-corrected chi connectivity index (χ4v) is 2.91. The Bertz CT molecular complexity index is 782. The summed E-state index contributed by atoms with van der Waals surface area (Å²) in [6.07, 6.45) is 0. The van der Waals surface area contributed by atoms with Gasteiger partial charge in [-0.1, -0.05) is 30.3 Å². The zero-order valence-electron chi connectivity index (χ0n) is 10.8. The number of nitro benzene ring substituents is 1. The third-order valence-electron chi connectivity index (χ3n) is 2.97. The number of rotatable bonds is 3. The molecule has 6 heteroatoms. The maximum Gasteiger partial charge on any atom is 0.269 e. The zero-order chi connectivity index (χ0) is 14.8. The fraction of sp³-hybridized carbons (Fsp3) is 0. The molecular weight excluding hydrogens is 288 g/mol. The molecule has 0 radical (unpaired) electrons. The minimum atomic E-state index is -0.453. The van der Waals surface area contributed by atoms with E-state index in [1.807, 2.05) is 30.3 Å². The van der Waals surface area contributed by atoms with Gasteiger partial charge in [0.1, 0.15) is 5.01 Å². The minimum Gasteiger partial charge on any atom is -0.492 e. The molecule has 0 unspecified atom stereocenters. The summed E-state index contributed by atoms with van der Waals surface area (Å²) in [5.74, 6) is -0.0623. The van der Waals surface area contributed by atoms with E-state index in [4.69, 9.17) is 0 Å². The van der Waals surface area contributed by atoms with Gasteiger partial charge in [0, 0.05) is 17.7 Å². The number of thiazole rings is 1. The number of hydrogen-bond donors (Lipinski definition) is 1. The van der Waals surface area contributed by atoms with E-state index in [1.54, 1.807) is 12.1 Å². The summed E-state index contributed by atoms with van der Waals surface area (Å²) in [6.45, 7) is 0. The lowest BCUT2D eigenvalue weighted by atomic mass is 10.2. The second-order valence-electron chi connectivity index (χ2n) is 4.34. The molecule has 21 heavy (non-hydrogen) atoms. The number of non-ortho nitro benzene ring substituents is 1. The normalized spacial score (nSPS) is 10.5.